The summed E-state index contributed by atoms with van der Waals surface area (Å²) in [7, 11) is -2.69. The minimum absolute atomic E-state index is 0.0186. The van der Waals surface area contributed by atoms with Crippen LogP contribution in [-0.2, 0) is 26.2 Å². The molecular formula is C27H29Cl2N3O5S. The summed E-state index contributed by atoms with van der Waals surface area (Å²) in [6.45, 7) is 3.18. The number of nitrogens with zero attached hydrogens (tertiary/aromatic N) is 2. The van der Waals surface area contributed by atoms with E-state index in [9.17, 15) is 18.0 Å². The third-order valence-electron chi connectivity index (χ3n) is 5.79. The Morgan fingerprint density at radius 3 is 2.34 bits per heavy atom. The minimum Gasteiger partial charge on any atom is -0.497 e. The van der Waals surface area contributed by atoms with Gasteiger partial charge in [-0.1, -0.05) is 53.5 Å². The molecule has 0 fully saturated rings. The summed E-state index contributed by atoms with van der Waals surface area (Å²) >= 11 is 12.5. The van der Waals surface area contributed by atoms with Gasteiger partial charge in [0.2, 0.25) is 11.8 Å². The van der Waals surface area contributed by atoms with Crippen molar-refractivity contribution in [3.05, 3.63) is 88.4 Å². The number of rotatable bonds is 11. The van der Waals surface area contributed by atoms with E-state index in [1.165, 1.54) is 42.3 Å². The van der Waals surface area contributed by atoms with Crippen LogP contribution in [0.5, 0.6) is 5.75 Å². The quantitative estimate of drug-likeness (QED) is 0.354. The van der Waals surface area contributed by atoms with Gasteiger partial charge in [0.05, 0.1) is 22.7 Å². The topological polar surface area (TPSA) is 96.0 Å². The van der Waals surface area contributed by atoms with E-state index in [0.717, 1.165) is 4.31 Å². The number of likely N-dealkylation sites (N-methyl/N-ethyl adjacent to an activating group) is 1. The van der Waals surface area contributed by atoms with E-state index in [4.69, 9.17) is 27.9 Å². The van der Waals surface area contributed by atoms with Crippen molar-refractivity contribution in [3.8, 4) is 5.75 Å². The molecule has 3 aromatic rings. The van der Waals surface area contributed by atoms with E-state index in [1.54, 1.807) is 56.3 Å². The molecule has 0 aromatic heterocycles. The number of amides is 2. The summed E-state index contributed by atoms with van der Waals surface area (Å²) in [5.41, 5.74) is 0.788. The van der Waals surface area contributed by atoms with Crippen LogP contribution < -0.4 is 14.4 Å². The zero-order chi connectivity index (χ0) is 27.9. The predicted octanol–water partition coefficient (Wildman–Crippen LogP) is 4.75. The largest absolute Gasteiger partial charge is 0.497 e. The molecule has 0 aliphatic heterocycles. The van der Waals surface area contributed by atoms with Gasteiger partial charge >= 0.3 is 0 Å². The van der Waals surface area contributed by atoms with Gasteiger partial charge in [0.15, 0.2) is 0 Å². The molecule has 38 heavy (non-hydrogen) atoms. The molecule has 0 bridgehead atoms. The van der Waals surface area contributed by atoms with Gasteiger partial charge in [-0.05, 0) is 61.9 Å². The summed E-state index contributed by atoms with van der Waals surface area (Å²) in [4.78, 5) is 27.9. The van der Waals surface area contributed by atoms with Gasteiger partial charge in [-0.3, -0.25) is 13.9 Å². The van der Waals surface area contributed by atoms with E-state index >= 15 is 0 Å². The third kappa shape index (κ3) is 6.98. The van der Waals surface area contributed by atoms with Crippen LogP contribution in [-0.4, -0.2) is 51.4 Å². The molecule has 0 saturated carbocycles. The molecule has 3 aromatic carbocycles. The molecule has 3 rings (SSSR count). The number of hydrogen-bond donors (Lipinski definition) is 1. The molecular weight excluding hydrogens is 549 g/mol. The van der Waals surface area contributed by atoms with Crippen LogP contribution >= 0.6 is 23.2 Å². The van der Waals surface area contributed by atoms with E-state index in [2.05, 4.69) is 5.32 Å². The van der Waals surface area contributed by atoms with Gasteiger partial charge in [-0.15, -0.1) is 0 Å². The standard InChI is InChI=1S/C27H29Cl2N3O5S/c1-4-30-27(34)19(2)31(17-20-9-8-10-22(15-20)37-3)26(33)18-32(25-14-13-21(28)16-24(25)29)38(35,36)23-11-6-5-7-12-23/h5-16,19H,4,17-18H2,1-3H3,(H,30,34)/t19-/m0/s1. The van der Waals surface area contributed by atoms with Crippen LogP contribution in [0, 0.1) is 0 Å². The average Bonchev–Trinajstić information content (AvgIpc) is 2.91. The van der Waals surface area contributed by atoms with Gasteiger partial charge in [0.1, 0.15) is 18.3 Å². The van der Waals surface area contributed by atoms with Crippen molar-refractivity contribution in [2.75, 3.05) is 24.5 Å². The number of halogens is 2. The Labute approximate surface area is 233 Å². The van der Waals surface area contributed by atoms with Crippen molar-refractivity contribution >= 4 is 50.7 Å². The summed E-state index contributed by atoms with van der Waals surface area (Å²) in [5, 5.41) is 3.09. The van der Waals surface area contributed by atoms with Crippen molar-refractivity contribution in [1.29, 1.82) is 0 Å². The molecule has 1 atom stereocenters. The van der Waals surface area contributed by atoms with Crippen molar-refractivity contribution in [2.45, 2.75) is 31.3 Å². The monoisotopic (exact) mass is 577 g/mol. The van der Waals surface area contributed by atoms with E-state index < -0.39 is 28.5 Å². The predicted molar refractivity (Wildman–Crippen MR) is 149 cm³/mol. The zero-order valence-electron chi connectivity index (χ0n) is 21.2. The van der Waals surface area contributed by atoms with Crippen molar-refractivity contribution in [2.24, 2.45) is 0 Å². The Morgan fingerprint density at radius 1 is 1.00 bits per heavy atom. The van der Waals surface area contributed by atoms with Crippen LogP contribution in [0.2, 0.25) is 10.0 Å². The van der Waals surface area contributed by atoms with E-state index in [1.807, 2.05) is 0 Å². The number of anilines is 1. The van der Waals surface area contributed by atoms with E-state index in [0.29, 0.717) is 22.9 Å². The molecule has 0 saturated heterocycles. The number of carbonyl (C=O) groups is 2. The maximum Gasteiger partial charge on any atom is 0.264 e. The summed E-state index contributed by atoms with van der Waals surface area (Å²) in [5.74, 6) is -0.385. The Kier molecular flexibility index (Phi) is 10.0. The first-order valence-electron chi connectivity index (χ1n) is 11.8. The van der Waals surface area contributed by atoms with Gasteiger partial charge < -0.3 is 15.0 Å². The number of carbonyl (C=O) groups excluding carboxylic acids is 2. The van der Waals surface area contributed by atoms with Gasteiger partial charge in [-0.25, -0.2) is 8.42 Å². The van der Waals surface area contributed by atoms with Crippen LogP contribution in [0.15, 0.2) is 77.7 Å². The Bertz CT molecular complexity index is 1390. The van der Waals surface area contributed by atoms with Crippen LogP contribution in [0.4, 0.5) is 5.69 Å². The lowest BCUT2D eigenvalue weighted by Gasteiger charge is -2.32. The molecule has 1 N–H and O–H groups in total. The fourth-order valence-corrected chi connectivity index (χ4v) is 5.80. The molecule has 11 heteroatoms. The second-order valence-corrected chi connectivity index (χ2v) is 11.1. The molecule has 0 heterocycles. The number of ether oxygens (including phenoxy) is 1. The number of sulfonamides is 1. The highest BCUT2D eigenvalue weighted by Crippen LogP contribution is 2.33. The second-order valence-electron chi connectivity index (χ2n) is 8.36. The second kappa shape index (κ2) is 13.0. The highest BCUT2D eigenvalue weighted by molar-refractivity contribution is 7.92. The number of methoxy groups -OCH3 is 1. The van der Waals surface area contributed by atoms with Crippen LogP contribution in [0.1, 0.15) is 19.4 Å². The summed E-state index contributed by atoms with van der Waals surface area (Å²) in [6, 6.07) is 18.2. The van der Waals surface area contributed by atoms with E-state index in [-0.39, 0.29) is 28.1 Å². The van der Waals surface area contributed by atoms with Crippen molar-refractivity contribution in [3.63, 3.8) is 0 Å². The molecule has 0 unspecified atom stereocenters. The number of benzene rings is 3. The fraction of sp³-hybridized carbons (Fsp3) is 0.259. The van der Waals surface area contributed by atoms with Crippen LogP contribution in [0.3, 0.4) is 0 Å². The van der Waals surface area contributed by atoms with Gasteiger partial charge in [-0.2, -0.15) is 0 Å². The first kappa shape index (κ1) is 29.3. The van der Waals surface area contributed by atoms with Crippen molar-refractivity contribution in [1.82, 2.24) is 10.2 Å². The van der Waals surface area contributed by atoms with Crippen LogP contribution in [0.25, 0.3) is 0 Å². The highest BCUT2D eigenvalue weighted by atomic mass is 35.5. The van der Waals surface area contributed by atoms with Gasteiger partial charge in [0.25, 0.3) is 10.0 Å². The number of hydrogen-bond acceptors (Lipinski definition) is 5. The Hall–Kier alpha value is -3.27. The third-order valence-corrected chi connectivity index (χ3v) is 8.11. The molecule has 0 radical (unpaired) electrons. The average molecular weight is 579 g/mol. The maximum absolute atomic E-state index is 13.8. The lowest BCUT2D eigenvalue weighted by molar-refractivity contribution is -0.139. The molecule has 0 aliphatic rings. The normalized spacial score (nSPS) is 11.9. The first-order valence-corrected chi connectivity index (χ1v) is 14.0. The minimum atomic E-state index is -4.22. The lowest BCUT2D eigenvalue weighted by atomic mass is 10.1. The fourth-order valence-electron chi connectivity index (χ4n) is 3.79. The molecule has 0 spiro atoms. The molecule has 0 aliphatic carbocycles. The first-order chi connectivity index (χ1) is 18.1. The van der Waals surface area contributed by atoms with Crippen molar-refractivity contribution < 1.29 is 22.7 Å². The number of nitrogens with one attached hydrogen (secondary N) is 1. The molecule has 8 nitrogen and oxygen atoms in total. The van der Waals surface area contributed by atoms with Gasteiger partial charge in [0, 0.05) is 18.1 Å². The zero-order valence-corrected chi connectivity index (χ0v) is 23.6. The lowest BCUT2D eigenvalue weighted by Crippen LogP contribution is -2.51. The molecule has 202 valence electrons. The Balaban J connectivity index is 2.06. The highest BCUT2D eigenvalue weighted by Gasteiger charge is 2.33. The SMILES string of the molecule is CCNC(=O)[C@H](C)N(Cc1cccc(OC)c1)C(=O)CN(c1ccc(Cl)cc1Cl)S(=O)(=O)c1ccccc1. The summed E-state index contributed by atoms with van der Waals surface area (Å²) in [6.07, 6.45) is 0. The maximum atomic E-state index is 13.8. The Morgan fingerprint density at radius 2 is 1.71 bits per heavy atom. The smallest absolute Gasteiger partial charge is 0.264 e. The summed E-state index contributed by atoms with van der Waals surface area (Å²) < 4.78 is 33.7. The molecule has 2 amide bonds.